The summed E-state index contributed by atoms with van der Waals surface area (Å²) in [4.78, 5) is 12.5. The Bertz CT molecular complexity index is 589. The number of fused-ring (bicyclic) bond motifs is 1. The zero-order chi connectivity index (χ0) is 12.6. The van der Waals surface area contributed by atoms with Gasteiger partial charge in [0.25, 0.3) is 0 Å². The molecule has 0 aliphatic carbocycles. The van der Waals surface area contributed by atoms with Gasteiger partial charge in [-0.05, 0) is 19.6 Å². The minimum absolute atomic E-state index is 0.138. The van der Waals surface area contributed by atoms with Crippen LogP contribution in [0.3, 0.4) is 0 Å². The van der Waals surface area contributed by atoms with Crippen LogP contribution < -0.4 is 0 Å². The van der Waals surface area contributed by atoms with Crippen LogP contribution in [-0.2, 0) is 0 Å². The van der Waals surface area contributed by atoms with Gasteiger partial charge in [-0.2, -0.15) is 0 Å². The summed E-state index contributed by atoms with van der Waals surface area (Å²) in [6.07, 6.45) is 0. The van der Waals surface area contributed by atoms with E-state index in [1.807, 2.05) is 13.8 Å². The molecule has 0 aliphatic heterocycles. The molecule has 6 heteroatoms. The summed E-state index contributed by atoms with van der Waals surface area (Å²) >= 11 is 7.19. The van der Waals surface area contributed by atoms with E-state index in [-0.39, 0.29) is 10.7 Å². The third-order valence-corrected chi connectivity index (χ3v) is 3.34. The fraction of sp³-hybridized carbons (Fsp3) is 0.364. The molecular weight excluding hydrogens is 261 g/mol. The highest BCUT2D eigenvalue weighted by molar-refractivity contribution is 7.99. The second kappa shape index (κ2) is 4.74. The third-order valence-electron chi connectivity index (χ3n) is 2.36. The van der Waals surface area contributed by atoms with Crippen molar-refractivity contribution in [2.45, 2.75) is 25.9 Å². The Kier molecular flexibility index (Phi) is 3.49. The van der Waals surface area contributed by atoms with Crippen molar-refractivity contribution >= 4 is 34.3 Å². The van der Waals surface area contributed by atoms with Gasteiger partial charge in [0.1, 0.15) is 5.52 Å². The molecule has 90 valence electrons. The SMILES string of the molecule is CCSc1nc(C)c2c(C)nc(Cl)c(F)c2n1. The van der Waals surface area contributed by atoms with Gasteiger partial charge in [-0.3, -0.25) is 0 Å². The van der Waals surface area contributed by atoms with Crippen molar-refractivity contribution in [1.82, 2.24) is 15.0 Å². The summed E-state index contributed by atoms with van der Waals surface area (Å²) in [5, 5.41) is 1.07. The molecule has 0 aromatic carbocycles. The topological polar surface area (TPSA) is 38.7 Å². The van der Waals surface area contributed by atoms with E-state index < -0.39 is 5.82 Å². The number of halogens is 2. The van der Waals surface area contributed by atoms with Gasteiger partial charge in [0.2, 0.25) is 0 Å². The summed E-state index contributed by atoms with van der Waals surface area (Å²) in [6.45, 7) is 5.59. The number of thioether (sulfide) groups is 1. The monoisotopic (exact) mass is 271 g/mol. The van der Waals surface area contributed by atoms with Crippen molar-refractivity contribution in [2.75, 3.05) is 5.75 Å². The van der Waals surface area contributed by atoms with Crippen LogP contribution in [-0.4, -0.2) is 20.7 Å². The molecule has 17 heavy (non-hydrogen) atoms. The van der Waals surface area contributed by atoms with E-state index in [0.717, 1.165) is 11.4 Å². The number of nitrogens with zero attached hydrogens (tertiary/aromatic N) is 3. The van der Waals surface area contributed by atoms with Gasteiger partial charge in [0.05, 0.1) is 11.4 Å². The molecule has 3 nitrogen and oxygen atoms in total. The van der Waals surface area contributed by atoms with Crippen molar-refractivity contribution < 1.29 is 4.39 Å². The molecule has 0 fully saturated rings. The molecule has 0 aliphatic rings. The van der Waals surface area contributed by atoms with Crippen LogP contribution in [0.5, 0.6) is 0 Å². The van der Waals surface area contributed by atoms with Crippen molar-refractivity contribution in [3.8, 4) is 0 Å². The second-order valence-corrected chi connectivity index (χ2v) is 5.14. The summed E-state index contributed by atoms with van der Waals surface area (Å²) < 4.78 is 13.9. The minimum Gasteiger partial charge on any atom is -0.238 e. The Hall–Kier alpha value is -0.940. The highest BCUT2D eigenvalue weighted by Crippen LogP contribution is 2.27. The lowest BCUT2D eigenvalue weighted by Gasteiger charge is -2.08. The average molecular weight is 272 g/mol. The van der Waals surface area contributed by atoms with Gasteiger partial charge in [0.15, 0.2) is 16.1 Å². The molecule has 0 atom stereocenters. The first kappa shape index (κ1) is 12.5. The van der Waals surface area contributed by atoms with E-state index in [4.69, 9.17) is 11.6 Å². The lowest BCUT2D eigenvalue weighted by atomic mass is 10.2. The minimum atomic E-state index is -0.573. The molecule has 0 radical (unpaired) electrons. The molecule has 2 heterocycles. The lowest BCUT2D eigenvalue weighted by molar-refractivity contribution is 0.628. The second-order valence-electron chi connectivity index (χ2n) is 3.55. The van der Waals surface area contributed by atoms with Gasteiger partial charge in [-0.1, -0.05) is 30.3 Å². The number of rotatable bonds is 2. The summed E-state index contributed by atoms with van der Waals surface area (Å²) in [7, 11) is 0. The Morgan fingerprint density at radius 3 is 2.47 bits per heavy atom. The molecule has 0 spiro atoms. The molecule has 0 amide bonds. The standard InChI is InChI=1S/C11H11ClFN3S/c1-4-17-11-15-6(3)7-5(2)14-10(12)8(13)9(7)16-11/h4H2,1-3H3. The first-order valence-electron chi connectivity index (χ1n) is 5.17. The fourth-order valence-corrected chi connectivity index (χ4v) is 2.51. The van der Waals surface area contributed by atoms with Gasteiger partial charge < -0.3 is 0 Å². The smallest absolute Gasteiger partial charge is 0.188 e. The number of pyridine rings is 1. The van der Waals surface area contributed by atoms with Crippen LogP contribution in [0.25, 0.3) is 10.9 Å². The van der Waals surface area contributed by atoms with Crippen LogP contribution >= 0.6 is 23.4 Å². The van der Waals surface area contributed by atoms with Crippen LogP contribution in [0.4, 0.5) is 4.39 Å². The highest BCUT2D eigenvalue weighted by atomic mass is 35.5. The number of aromatic nitrogens is 3. The number of aryl methyl sites for hydroxylation is 2. The molecule has 2 aromatic rings. The van der Waals surface area contributed by atoms with Crippen molar-refractivity contribution in [2.24, 2.45) is 0 Å². The van der Waals surface area contributed by atoms with Gasteiger partial charge in [-0.25, -0.2) is 19.3 Å². The van der Waals surface area contributed by atoms with Gasteiger partial charge in [0, 0.05) is 5.39 Å². The summed E-state index contributed by atoms with van der Waals surface area (Å²) in [5.41, 5.74) is 1.63. The fourth-order valence-electron chi connectivity index (χ4n) is 1.68. The zero-order valence-electron chi connectivity index (χ0n) is 9.71. The summed E-state index contributed by atoms with van der Waals surface area (Å²) in [5.74, 6) is 0.264. The maximum Gasteiger partial charge on any atom is 0.188 e. The Morgan fingerprint density at radius 1 is 1.18 bits per heavy atom. The summed E-state index contributed by atoms with van der Waals surface area (Å²) in [6, 6.07) is 0. The van der Waals surface area contributed by atoms with E-state index in [0.29, 0.717) is 16.2 Å². The third kappa shape index (κ3) is 2.21. The first-order chi connectivity index (χ1) is 8.04. The molecule has 0 saturated heterocycles. The van der Waals surface area contributed by atoms with Gasteiger partial charge >= 0.3 is 0 Å². The van der Waals surface area contributed by atoms with E-state index in [2.05, 4.69) is 15.0 Å². The largest absolute Gasteiger partial charge is 0.238 e. The van der Waals surface area contributed by atoms with Crippen molar-refractivity contribution in [1.29, 1.82) is 0 Å². The molecule has 0 saturated carbocycles. The highest BCUT2D eigenvalue weighted by Gasteiger charge is 2.15. The predicted molar refractivity (Wildman–Crippen MR) is 68.2 cm³/mol. The normalized spacial score (nSPS) is 11.1. The maximum absolute atomic E-state index is 13.9. The zero-order valence-corrected chi connectivity index (χ0v) is 11.3. The predicted octanol–water partition coefficient (Wildman–Crippen LogP) is 3.55. The molecule has 2 rings (SSSR count). The average Bonchev–Trinajstić information content (AvgIpc) is 2.25. The van der Waals surface area contributed by atoms with E-state index in [1.54, 1.807) is 6.92 Å². The molecule has 0 N–H and O–H groups in total. The lowest BCUT2D eigenvalue weighted by Crippen LogP contribution is -2.00. The first-order valence-corrected chi connectivity index (χ1v) is 6.53. The van der Waals surface area contributed by atoms with Crippen molar-refractivity contribution in [3.05, 3.63) is 22.4 Å². The molecule has 0 bridgehead atoms. The Labute approximate surface area is 108 Å². The Morgan fingerprint density at radius 2 is 1.82 bits per heavy atom. The number of hydrogen-bond donors (Lipinski definition) is 0. The maximum atomic E-state index is 13.9. The molecule has 2 aromatic heterocycles. The van der Waals surface area contributed by atoms with Crippen LogP contribution in [0, 0.1) is 19.7 Å². The van der Waals surface area contributed by atoms with Gasteiger partial charge in [-0.15, -0.1) is 0 Å². The van der Waals surface area contributed by atoms with Crippen molar-refractivity contribution in [3.63, 3.8) is 0 Å². The van der Waals surface area contributed by atoms with Crippen LogP contribution in [0.1, 0.15) is 18.3 Å². The number of hydrogen-bond acceptors (Lipinski definition) is 4. The van der Waals surface area contributed by atoms with E-state index in [9.17, 15) is 4.39 Å². The van der Waals surface area contributed by atoms with E-state index in [1.165, 1.54) is 11.8 Å². The quantitative estimate of drug-likeness (QED) is 0.476. The Balaban J connectivity index is 2.81. The van der Waals surface area contributed by atoms with Crippen LogP contribution in [0.2, 0.25) is 5.15 Å². The molecular formula is C11H11ClFN3S. The van der Waals surface area contributed by atoms with E-state index >= 15 is 0 Å². The van der Waals surface area contributed by atoms with Crippen LogP contribution in [0.15, 0.2) is 5.16 Å². The molecule has 0 unspecified atom stereocenters.